The molecule has 0 aromatic carbocycles. The van der Waals surface area contributed by atoms with Gasteiger partial charge in [0.15, 0.2) is 0 Å². The highest BCUT2D eigenvalue weighted by Crippen LogP contribution is 2.53. The SMILES string of the molecule is C=C1C[C@@H](CCC)OC(=O)[C@@H](C)CCCC[C@@H]2O[C@@H](C[C@@H](O)C3(SCCCS3)[C@H](C)C1)C[C@@H]2C. The molecule has 7 atom stereocenters. The van der Waals surface area contributed by atoms with E-state index in [1.54, 1.807) is 0 Å². The maximum Gasteiger partial charge on any atom is 0.308 e. The Hall–Kier alpha value is -0.170. The number of thioether (sulfide) groups is 2. The van der Waals surface area contributed by atoms with Gasteiger partial charge in [-0.25, -0.2) is 0 Å². The van der Waals surface area contributed by atoms with Gasteiger partial charge >= 0.3 is 5.97 Å². The van der Waals surface area contributed by atoms with Gasteiger partial charge < -0.3 is 14.6 Å². The second kappa shape index (κ2) is 13.4. The first-order valence-electron chi connectivity index (χ1n) is 13.7. The zero-order valence-corrected chi connectivity index (χ0v) is 23.6. The van der Waals surface area contributed by atoms with Gasteiger partial charge in [-0.2, -0.15) is 0 Å². The van der Waals surface area contributed by atoms with Gasteiger partial charge in [-0.1, -0.05) is 59.1 Å². The van der Waals surface area contributed by atoms with E-state index >= 15 is 0 Å². The second-order valence-electron chi connectivity index (χ2n) is 11.1. The highest BCUT2D eigenvalue weighted by atomic mass is 32.2. The molecule has 196 valence electrons. The molecule has 0 saturated carbocycles. The molecule has 4 nitrogen and oxygen atoms in total. The number of cyclic esters (lactones) is 1. The molecule has 0 aromatic rings. The summed E-state index contributed by atoms with van der Waals surface area (Å²) in [5.41, 5.74) is 1.14. The molecule has 1 N–H and O–H groups in total. The van der Waals surface area contributed by atoms with Crippen LogP contribution in [-0.4, -0.2) is 51.1 Å². The highest BCUT2D eigenvalue weighted by Gasteiger charge is 2.47. The Balaban J connectivity index is 1.79. The fourth-order valence-electron chi connectivity index (χ4n) is 5.99. The van der Waals surface area contributed by atoms with E-state index in [0.717, 1.165) is 81.3 Å². The average Bonchev–Trinajstić information content (AvgIpc) is 3.14. The topological polar surface area (TPSA) is 55.8 Å². The molecule has 3 aliphatic heterocycles. The zero-order chi connectivity index (χ0) is 24.7. The number of carbonyl (C=O) groups excluding carboxylic acids is 1. The standard InChI is InChI=1S/C28H48O4S2/c1-6-10-23-16-19(2)15-22(5)28(33-13-9-14-34-28)26(29)18-24-17-21(4)25(31-24)12-8-7-11-20(3)27(30)32-23/h20-26,29H,2,6-18H2,1,3-5H3/t20-,21-,22+,23+,24+,25-,26+/m0/s1. The summed E-state index contributed by atoms with van der Waals surface area (Å²) in [7, 11) is 0. The van der Waals surface area contributed by atoms with Crippen LogP contribution < -0.4 is 0 Å². The molecule has 3 saturated heterocycles. The van der Waals surface area contributed by atoms with E-state index in [9.17, 15) is 9.90 Å². The molecule has 0 aliphatic carbocycles. The van der Waals surface area contributed by atoms with E-state index in [4.69, 9.17) is 9.47 Å². The summed E-state index contributed by atoms with van der Waals surface area (Å²) in [5, 5.41) is 11.6. The Labute approximate surface area is 216 Å². The first-order chi connectivity index (χ1) is 16.2. The molecule has 2 bridgehead atoms. The number of fused-ring (bicyclic) bond motifs is 2. The van der Waals surface area contributed by atoms with Crippen molar-refractivity contribution in [1.29, 1.82) is 0 Å². The number of aliphatic hydroxyl groups is 1. The van der Waals surface area contributed by atoms with Crippen LogP contribution in [0.2, 0.25) is 0 Å². The van der Waals surface area contributed by atoms with Crippen LogP contribution in [0.25, 0.3) is 0 Å². The van der Waals surface area contributed by atoms with E-state index < -0.39 is 6.10 Å². The van der Waals surface area contributed by atoms with Gasteiger partial charge in [0.2, 0.25) is 0 Å². The fraction of sp³-hybridized carbons (Fsp3) is 0.893. The van der Waals surface area contributed by atoms with Gasteiger partial charge in [-0.15, -0.1) is 23.5 Å². The smallest absolute Gasteiger partial charge is 0.308 e. The molecule has 34 heavy (non-hydrogen) atoms. The number of esters is 1. The Bertz CT molecular complexity index is 663. The molecular formula is C28H48O4S2. The predicted octanol–water partition coefficient (Wildman–Crippen LogP) is 6.99. The monoisotopic (exact) mass is 512 g/mol. The van der Waals surface area contributed by atoms with Crippen LogP contribution in [-0.2, 0) is 14.3 Å². The molecule has 0 radical (unpaired) electrons. The Morgan fingerprint density at radius 2 is 1.76 bits per heavy atom. The van der Waals surface area contributed by atoms with Crippen molar-refractivity contribution in [2.45, 2.75) is 127 Å². The quantitative estimate of drug-likeness (QED) is 0.318. The van der Waals surface area contributed by atoms with E-state index in [2.05, 4.69) is 27.4 Å². The normalized spacial score (nSPS) is 38.8. The second-order valence-corrected chi connectivity index (χ2v) is 14.1. The number of hydrogen-bond donors (Lipinski definition) is 1. The lowest BCUT2D eigenvalue weighted by Gasteiger charge is -2.45. The molecule has 0 unspecified atom stereocenters. The van der Waals surface area contributed by atoms with Gasteiger partial charge in [0.05, 0.1) is 28.3 Å². The van der Waals surface area contributed by atoms with E-state index in [-0.39, 0.29) is 40.2 Å². The lowest BCUT2D eigenvalue weighted by molar-refractivity contribution is -0.154. The maximum absolute atomic E-state index is 12.8. The van der Waals surface area contributed by atoms with Crippen LogP contribution in [0.5, 0.6) is 0 Å². The minimum Gasteiger partial charge on any atom is -0.462 e. The van der Waals surface area contributed by atoms with Crippen molar-refractivity contribution in [3.8, 4) is 0 Å². The number of rotatable bonds is 2. The molecule has 3 fully saturated rings. The number of ether oxygens (including phenoxy) is 2. The third-order valence-electron chi connectivity index (χ3n) is 8.00. The third kappa shape index (κ3) is 7.43. The molecule has 3 aliphatic rings. The lowest BCUT2D eigenvalue weighted by Crippen LogP contribution is -2.46. The minimum atomic E-state index is -0.398. The van der Waals surface area contributed by atoms with Gasteiger partial charge in [0, 0.05) is 12.8 Å². The van der Waals surface area contributed by atoms with Crippen LogP contribution >= 0.6 is 23.5 Å². The fourth-order valence-corrected chi connectivity index (χ4v) is 9.53. The largest absolute Gasteiger partial charge is 0.462 e. The Kier molecular flexibility index (Phi) is 11.2. The molecule has 6 heteroatoms. The minimum absolute atomic E-state index is 0.0590. The maximum atomic E-state index is 12.8. The van der Waals surface area contributed by atoms with Crippen LogP contribution in [0, 0.1) is 17.8 Å². The van der Waals surface area contributed by atoms with E-state index in [0.29, 0.717) is 5.92 Å². The number of carbonyl (C=O) groups is 1. The molecular weight excluding hydrogens is 464 g/mol. The summed E-state index contributed by atoms with van der Waals surface area (Å²) in [6, 6.07) is 0. The van der Waals surface area contributed by atoms with Gasteiger partial charge in [0.25, 0.3) is 0 Å². The number of aliphatic hydroxyl groups excluding tert-OH is 1. The first kappa shape index (κ1) is 28.4. The molecule has 1 spiro atoms. The van der Waals surface area contributed by atoms with Crippen molar-refractivity contribution in [2.24, 2.45) is 17.8 Å². The molecule has 3 heterocycles. The third-order valence-corrected chi connectivity index (χ3v) is 11.9. The van der Waals surface area contributed by atoms with E-state index in [1.165, 1.54) is 6.42 Å². The van der Waals surface area contributed by atoms with Crippen molar-refractivity contribution in [3.05, 3.63) is 12.2 Å². The molecule has 0 amide bonds. The van der Waals surface area contributed by atoms with Gasteiger partial charge in [-0.05, 0) is 61.9 Å². The summed E-state index contributed by atoms with van der Waals surface area (Å²) in [6.07, 6.45) is 10.3. The summed E-state index contributed by atoms with van der Waals surface area (Å²) in [4.78, 5) is 12.8. The van der Waals surface area contributed by atoms with Crippen molar-refractivity contribution >= 4 is 29.5 Å². The lowest BCUT2D eigenvalue weighted by atomic mass is 9.89. The highest BCUT2D eigenvalue weighted by molar-refractivity contribution is 8.18. The summed E-state index contributed by atoms with van der Waals surface area (Å²) in [5.74, 6) is 2.88. The number of hydrogen-bond acceptors (Lipinski definition) is 6. The Morgan fingerprint density at radius 1 is 1.06 bits per heavy atom. The van der Waals surface area contributed by atoms with Crippen molar-refractivity contribution in [2.75, 3.05) is 11.5 Å². The summed E-state index contributed by atoms with van der Waals surface area (Å²) < 4.78 is 12.3. The zero-order valence-electron chi connectivity index (χ0n) is 21.9. The predicted molar refractivity (Wildman–Crippen MR) is 145 cm³/mol. The van der Waals surface area contributed by atoms with Gasteiger partial charge in [0.1, 0.15) is 6.10 Å². The summed E-state index contributed by atoms with van der Waals surface area (Å²) in [6.45, 7) is 13.1. The van der Waals surface area contributed by atoms with Gasteiger partial charge in [-0.3, -0.25) is 4.79 Å². The van der Waals surface area contributed by atoms with Crippen molar-refractivity contribution < 1.29 is 19.4 Å². The van der Waals surface area contributed by atoms with Crippen LogP contribution in [0.3, 0.4) is 0 Å². The average molecular weight is 513 g/mol. The Morgan fingerprint density at radius 3 is 2.47 bits per heavy atom. The van der Waals surface area contributed by atoms with Crippen LogP contribution in [0.4, 0.5) is 0 Å². The molecule has 3 rings (SSSR count). The van der Waals surface area contributed by atoms with Crippen molar-refractivity contribution in [3.63, 3.8) is 0 Å². The van der Waals surface area contributed by atoms with Crippen LogP contribution in [0.1, 0.15) is 98.3 Å². The van der Waals surface area contributed by atoms with E-state index in [1.807, 2.05) is 30.4 Å². The van der Waals surface area contributed by atoms with Crippen LogP contribution in [0.15, 0.2) is 12.2 Å². The first-order valence-corrected chi connectivity index (χ1v) is 15.7. The summed E-state index contributed by atoms with van der Waals surface area (Å²) >= 11 is 3.90. The van der Waals surface area contributed by atoms with Crippen molar-refractivity contribution in [1.82, 2.24) is 0 Å². The molecule has 0 aromatic heterocycles.